The van der Waals surface area contributed by atoms with Gasteiger partial charge in [-0.15, -0.1) is 0 Å². The molecule has 0 spiro atoms. The summed E-state index contributed by atoms with van der Waals surface area (Å²) in [5, 5.41) is 12.4. The van der Waals surface area contributed by atoms with Gasteiger partial charge in [0.2, 0.25) is 5.91 Å². The van der Waals surface area contributed by atoms with Crippen LogP contribution in [0.2, 0.25) is 0 Å². The molecule has 1 aliphatic heterocycles. The van der Waals surface area contributed by atoms with Gasteiger partial charge in [0.1, 0.15) is 0 Å². The summed E-state index contributed by atoms with van der Waals surface area (Å²) in [5.41, 5.74) is 0.700. The van der Waals surface area contributed by atoms with E-state index in [4.69, 9.17) is 4.74 Å². The molecule has 21 heavy (non-hydrogen) atoms. The Morgan fingerprint density at radius 1 is 1.52 bits per heavy atom. The average Bonchev–Trinajstić information content (AvgIpc) is 2.73. The number of benzene rings is 1. The number of amidine groups is 1. The number of phenolic OH excluding ortho intramolecular Hbond substituents is 1. The number of phenols is 1. The molecule has 0 aromatic heterocycles. The number of hydrogen-bond donors (Lipinski definition) is 2. The van der Waals surface area contributed by atoms with Crippen LogP contribution in [-0.2, 0) is 9.59 Å². The van der Waals surface area contributed by atoms with Gasteiger partial charge in [-0.05, 0) is 42.5 Å². The van der Waals surface area contributed by atoms with Crippen LogP contribution >= 0.6 is 11.8 Å². The molecule has 1 aliphatic rings. The summed E-state index contributed by atoms with van der Waals surface area (Å²) in [6, 6.07) is 4.79. The van der Waals surface area contributed by atoms with Crippen LogP contribution in [0.25, 0.3) is 6.08 Å². The Morgan fingerprint density at radius 2 is 2.29 bits per heavy atom. The molecule has 0 bridgehead atoms. The molecular formula is C14H14N2O4S. The molecule has 2 N–H and O–H groups in total. The van der Waals surface area contributed by atoms with Crippen LogP contribution in [-0.4, -0.2) is 28.7 Å². The molecule has 1 heterocycles. The second-order valence-electron chi connectivity index (χ2n) is 4.17. The standard InChI is InChI=1S/C14H14N2O4S/c1-3-20-11-6-9(4-5-10(11)18)7-12-13(19)16-14(21-12)15-8(2)17/h4-7,18H,3H2,1-2H3,(H,15,16,17,19)/b12-7-. The van der Waals surface area contributed by atoms with Crippen LogP contribution < -0.4 is 10.1 Å². The highest BCUT2D eigenvalue weighted by atomic mass is 32.2. The van der Waals surface area contributed by atoms with Gasteiger partial charge in [0.05, 0.1) is 11.5 Å². The number of ether oxygens (including phenoxy) is 1. The van der Waals surface area contributed by atoms with Crippen molar-refractivity contribution < 1.29 is 19.4 Å². The van der Waals surface area contributed by atoms with E-state index in [-0.39, 0.29) is 16.8 Å². The Morgan fingerprint density at radius 3 is 2.95 bits per heavy atom. The van der Waals surface area contributed by atoms with Crippen LogP contribution in [0.15, 0.2) is 28.1 Å². The van der Waals surface area contributed by atoms with E-state index in [2.05, 4.69) is 10.3 Å². The fourth-order valence-corrected chi connectivity index (χ4v) is 2.52. The lowest BCUT2D eigenvalue weighted by molar-refractivity contribution is -0.117. The lowest BCUT2D eigenvalue weighted by Gasteiger charge is -2.06. The van der Waals surface area contributed by atoms with E-state index in [1.165, 1.54) is 13.0 Å². The van der Waals surface area contributed by atoms with Gasteiger partial charge in [-0.25, -0.2) is 0 Å². The van der Waals surface area contributed by atoms with Gasteiger partial charge >= 0.3 is 0 Å². The highest BCUT2D eigenvalue weighted by Gasteiger charge is 2.22. The van der Waals surface area contributed by atoms with Crippen molar-refractivity contribution in [2.75, 3.05) is 6.61 Å². The molecule has 110 valence electrons. The zero-order valence-corrected chi connectivity index (χ0v) is 12.4. The smallest absolute Gasteiger partial charge is 0.286 e. The molecular weight excluding hydrogens is 292 g/mol. The molecule has 0 unspecified atom stereocenters. The molecule has 0 aliphatic carbocycles. The second kappa shape index (κ2) is 6.45. The Bertz CT molecular complexity index is 652. The first kappa shape index (κ1) is 15.1. The van der Waals surface area contributed by atoms with Crippen LogP contribution in [0.3, 0.4) is 0 Å². The summed E-state index contributed by atoms with van der Waals surface area (Å²) < 4.78 is 5.29. The fraction of sp³-hybridized carbons (Fsp3) is 0.214. The van der Waals surface area contributed by atoms with E-state index in [1.54, 1.807) is 18.2 Å². The number of carbonyl (C=O) groups is 2. The minimum Gasteiger partial charge on any atom is -0.504 e. The van der Waals surface area contributed by atoms with Crippen molar-refractivity contribution in [2.24, 2.45) is 4.99 Å². The largest absolute Gasteiger partial charge is 0.504 e. The lowest BCUT2D eigenvalue weighted by atomic mass is 10.2. The highest BCUT2D eigenvalue weighted by Crippen LogP contribution is 2.31. The Hall–Kier alpha value is -2.28. The molecule has 1 aromatic carbocycles. The van der Waals surface area contributed by atoms with E-state index in [0.29, 0.717) is 22.8 Å². The predicted octanol–water partition coefficient (Wildman–Crippen LogP) is 1.90. The minimum absolute atomic E-state index is 0.0413. The monoisotopic (exact) mass is 306 g/mol. The quantitative estimate of drug-likeness (QED) is 0.833. The first-order chi connectivity index (χ1) is 9.99. The van der Waals surface area contributed by atoms with Crippen LogP contribution in [0, 0.1) is 0 Å². The summed E-state index contributed by atoms with van der Waals surface area (Å²) >= 11 is 1.09. The summed E-state index contributed by atoms with van der Waals surface area (Å²) in [7, 11) is 0. The van der Waals surface area contributed by atoms with Crippen molar-refractivity contribution in [3.63, 3.8) is 0 Å². The van der Waals surface area contributed by atoms with Gasteiger partial charge < -0.3 is 15.2 Å². The highest BCUT2D eigenvalue weighted by molar-refractivity contribution is 8.18. The SMILES string of the molecule is CCOc1cc(/C=C2\SC(NC(C)=O)=NC2=O)ccc1O. The Labute approximate surface area is 125 Å². The molecule has 0 saturated heterocycles. The predicted molar refractivity (Wildman–Crippen MR) is 81.1 cm³/mol. The van der Waals surface area contributed by atoms with E-state index in [0.717, 1.165) is 11.8 Å². The number of rotatable bonds is 3. The molecule has 6 nitrogen and oxygen atoms in total. The van der Waals surface area contributed by atoms with Crippen molar-refractivity contribution in [1.29, 1.82) is 0 Å². The number of carbonyl (C=O) groups excluding carboxylic acids is 2. The Kier molecular flexibility index (Phi) is 4.64. The zero-order valence-electron chi connectivity index (χ0n) is 11.5. The van der Waals surface area contributed by atoms with Gasteiger partial charge in [-0.2, -0.15) is 4.99 Å². The lowest BCUT2D eigenvalue weighted by Crippen LogP contribution is -2.23. The molecule has 7 heteroatoms. The number of hydrogen-bond acceptors (Lipinski definition) is 5. The van der Waals surface area contributed by atoms with E-state index >= 15 is 0 Å². The number of thioether (sulfide) groups is 1. The summed E-state index contributed by atoms with van der Waals surface area (Å²) in [6.07, 6.45) is 1.63. The number of amides is 2. The van der Waals surface area contributed by atoms with Gasteiger partial charge in [-0.1, -0.05) is 6.07 Å². The molecule has 0 radical (unpaired) electrons. The van der Waals surface area contributed by atoms with Crippen LogP contribution in [0.1, 0.15) is 19.4 Å². The summed E-state index contributed by atoms with van der Waals surface area (Å²) in [6.45, 7) is 3.59. The van der Waals surface area contributed by atoms with E-state index in [9.17, 15) is 14.7 Å². The van der Waals surface area contributed by atoms with Gasteiger partial charge in [-0.3, -0.25) is 9.59 Å². The number of nitrogens with one attached hydrogen (secondary N) is 1. The third-order valence-corrected chi connectivity index (χ3v) is 3.38. The average molecular weight is 306 g/mol. The maximum atomic E-state index is 11.7. The molecule has 0 saturated carbocycles. The Balaban J connectivity index is 2.20. The maximum Gasteiger partial charge on any atom is 0.286 e. The molecule has 2 rings (SSSR count). The number of aromatic hydroxyl groups is 1. The molecule has 0 atom stereocenters. The van der Waals surface area contributed by atoms with Gasteiger partial charge in [0, 0.05) is 6.92 Å². The van der Waals surface area contributed by atoms with Crippen molar-refractivity contribution in [1.82, 2.24) is 5.32 Å². The number of aliphatic imine (C=N–C) groups is 1. The van der Waals surface area contributed by atoms with E-state index in [1.807, 2.05) is 6.92 Å². The first-order valence-electron chi connectivity index (χ1n) is 6.25. The van der Waals surface area contributed by atoms with E-state index < -0.39 is 5.91 Å². The fourth-order valence-electron chi connectivity index (χ4n) is 1.66. The summed E-state index contributed by atoms with van der Waals surface area (Å²) in [4.78, 5) is 26.8. The van der Waals surface area contributed by atoms with Gasteiger partial charge in [0.25, 0.3) is 5.91 Å². The topological polar surface area (TPSA) is 88.0 Å². The zero-order chi connectivity index (χ0) is 15.4. The van der Waals surface area contributed by atoms with Crippen molar-refractivity contribution in [3.05, 3.63) is 28.7 Å². The maximum absolute atomic E-state index is 11.7. The van der Waals surface area contributed by atoms with Crippen molar-refractivity contribution >= 4 is 34.8 Å². The first-order valence-corrected chi connectivity index (χ1v) is 7.07. The third-order valence-electron chi connectivity index (χ3n) is 2.48. The van der Waals surface area contributed by atoms with Crippen LogP contribution in [0.4, 0.5) is 0 Å². The molecule has 0 fully saturated rings. The molecule has 1 aromatic rings. The van der Waals surface area contributed by atoms with Crippen molar-refractivity contribution in [3.8, 4) is 11.5 Å². The molecule has 2 amide bonds. The van der Waals surface area contributed by atoms with Gasteiger partial charge in [0.15, 0.2) is 16.7 Å². The summed E-state index contributed by atoms with van der Waals surface area (Å²) in [5.74, 6) is -0.293. The second-order valence-corrected chi connectivity index (χ2v) is 5.20. The normalized spacial score (nSPS) is 16.0. The number of nitrogens with zero attached hydrogens (tertiary/aromatic N) is 1. The van der Waals surface area contributed by atoms with Crippen molar-refractivity contribution in [2.45, 2.75) is 13.8 Å². The minimum atomic E-state index is -0.408. The third kappa shape index (κ3) is 3.85. The van der Waals surface area contributed by atoms with Crippen LogP contribution in [0.5, 0.6) is 11.5 Å².